The molecule has 1 rings (SSSR count). The van der Waals surface area contributed by atoms with E-state index in [4.69, 9.17) is 10.9 Å². The minimum atomic E-state index is -0.303. The Labute approximate surface area is 82.0 Å². The van der Waals surface area contributed by atoms with Crippen molar-refractivity contribution in [3.63, 3.8) is 0 Å². The lowest BCUT2D eigenvalue weighted by Gasteiger charge is -2.29. The van der Waals surface area contributed by atoms with Crippen molar-refractivity contribution >= 4 is 11.7 Å². The van der Waals surface area contributed by atoms with Crippen LogP contribution in [-0.2, 0) is 4.79 Å². The summed E-state index contributed by atoms with van der Waals surface area (Å²) in [6, 6.07) is 0. The maximum absolute atomic E-state index is 11.4. The Bertz CT molecular complexity index is 234. The van der Waals surface area contributed by atoms with Crippen molar-refractivity contribution in [3.05, 3.63) is 0 Å². The highest BCUT2D eigenvalue weighted by Gasteiger charge is 2.21. The van der Waals surface area contributed by atoms with Crippen molar-refractivity contribution in [2.45, 2.75) is 25.4 Å². The zero-order valence-corrected chi connectivity index (χ0v) is 7.89. The largest absolute Gasteiger partial charge is 0.409 e. The second-order valence-corrected chi connectivity index (χ2v) is 3.38. The number of likely N-dealkylation sites (tertiary alicyclic amines) is 1. The Kier molecular flexibility index (Phi) is 3.70. The number of amides is 1. The van der Waals surface area contributed by atoms with E-state index in [0.29, 0.717) is 25.9 Å². The number of rotatable bonds is 2. The molecule has 0 atom stereocenters. The molecule has 80 valence electrons. The standard InChI is InChI=1S/C8H15N3O3/c9-7(10-14)5-8(13)11-3-1-6(12)2-4-11/h6,12,14H,1-5H2,(H2,9,10). The van der Waals surface area contributed by atoms with Crippen LogP contribution in [0.2, 0.25) is 0 Å². The third kappa shape index (κ3) is 2.88. The van der Waals surface area contributed by atoms with E-state index in [1.54, 1.807) is 4.90 Å². The number of piperidine rings is 1. The van der Waals surface area contributed by atoms with Gasteiger partial charge >= 0.3 is 0 Å². The van der Waals surface area contributed by atoms with E-state index < -0.39 is 0 Å². The van der Waals surface area contributed by atoms with Gasteiger partial charge in [-0.25, -0.2) is 0 Å². The molecule has 0 aliphatic carbocycles. The van der Waals surface area contributed by atoms with Crippen LogP contribution in [0.25, 0.3) is 0 Å². The fourth-order valence-corrected chi connectivity index (χ4v) is 1.42. The summed E-state index contributed by atoms with van der Waals surface area (Å²) in [4.78, 5) is 13.1. The molecule has 1 saturated heterocycles. The van der Waals surface area contributed by atoms with Crippen LogP contribution in [0.3, 0.4) is 0 Å². The molecule has 1 fully saturated rings. The van der Waals surface area contributed by atoms with Gasteiger partial charge in [0.2, 0.25) is 5.91 Å². The van der Waals surface area contributed by atoms with Gasteiger partial charge < -0.3 is 20.9 Å². The molecule has 4 N–H and O–H groups in total. The quantitative estimate of drug-likeness (QED) is 0.233. The predicted octanol–water partition coefficient (Wildman–Crippen LogP) is -0.894. The molecular formula is C8H15N3O3. The smallest absolute Gasteiger partial charge is 0.230 e. The van der Waals surface area contributed by atoms with Gasteiger partial charge in [0, 0.05) is 13.1 Å². The molecule has 14 heavy (non-hydrogen) atoms. The van der Waals surface area contributed by atoms with Gasteiger partial charge in [-0.3, -0.25) is 4.79 Å². The second-order valence-electron chi connectivity index (χ2n) is 3.38. The van der Waals surface area contributed by atoms with E-state index in [9.17, 15) is 9.90 Å². The summed E-state index contributed by atoms with van der Waals surface area (Å²) >= 11 is 0. The Morgan fingerprint density at radius 1 is 1.50 bits per heavy atom. The van der Waals surface area contributed by atoms with Crippen LogP contribution in [0.4, 0.5) is 0 Å². The number of aliphatic hydroxyl groups excluding tert-OH is 1. The molecular weight excluding hydrogens is 186 g/mol. The van der Waals surface area contributed by atoms with E-state index >= 15 is 0 Å². The fourth-order valence-electron chi connectivity index (χ4n) is 1.42. The number of oxime groups is 1. The summed E-state index contributed by atoms with van der Waals surface area (Å²) < 4.78 is 0. The minimum absolute atomic E-state index is 0.0629. The first-order valence-electron chi connectivity index (χ1n) is 4.55. The summed E-state index contributed by atoms with van der Waals surface area (Å²) in [7, 11) is 0. The van der Waals surface area contributed by atoms with Gasteiger partial charge in [0.05, 0.1) is 12.5 Å². The topological polar surface area (TPSA) is 99.2 Å². The molecule has 1 heterocycles. The number of hydrogen-bond donors (Lipinski definition) is 3. The van der Waals surface area contributed by atoms with Crippen LogP contribution in [-0.4, -0.2) is 46.1 Å². The second kappa shape index (κ2) is 4.80. The highest BCUT2D eigenvalue weighted by molar-refractivity contribution is 5.98. The van der Waals surface area contributed by atoms with Gasteiger partial charge in [0.15, 0.2) is 0 Å². The molecule has 0 unspecified atom stereocenters. The van der Waals surface area contributed by atoms with Crippen LogP contribution < -0.4 is 5.73 Å². The summed E-state index contributed by atoms with van der Waals surface area (Å²) in [5, 5.41) is 20.2. The maximum Gasteiger partial charge on any atom is 0.230 e. The molecule has 1 aliphatic heterocycles. The average Bonchev–Trinajstić information content (AvgIpc) is 2.18. The summed E-state index contributed by atoms with van der Waals surface area (Å²) in [5.41, 5.74) is 5.21. The average molecular weight is 201 g/mol. The van der Waals surface area contributed by atoms with Crippen LogP contribution in [0, 0.1) is 0 Å². The number of carbonyl (C=O) groups is 1. The van der Waals surface area contributed by atoms with E-state index in [1.165, 1.54) is 0 Å². The molecule has 1 amide bonds. The Balaban J connectivity index is 2.38. The van der Waals surface area contributed by atoms with Crippen molar-refractivity contribution in [3.8, 4) is 0 Å². The lowest BCUT2D eigenvalue weighted by atomic mass is 10.1. The third-order valence-electron chi connectivity index (χ3n) is 2.28. The number of amidine groups is 1. The summed E-state index contributed by atoms with van der Waals surface area (Å²) in [6.07, 6.45) is 0.832. The van der Waals surface area contributed by atoms with Crippen molar-refractivity contribution in [1.82, 2.24) is 4.90 Å². The monoisotopic (exact) mass is 201 g/mol. The summed E-state index contributed by atoms with van der Waals surface area (Å²) in [5.74, 6) is -0.242. The number of aliphatic hydroxyl groups is 1. The van der Waals surface area contributed by atoms with Gasteiger partial charge in [-0.05, 0) is 12.8 Å². The maximum atomic E-state index is 11.4. The molecule has 0 aromatic heterocycles. The summed E-state index contributed by atoms with van der Waals surface area (Å²) in [6.45, 7) is 1.08. The molecule has 0 radical (unpaired) electrons. The lowest BCUT2D eigenvalue weighted by Crippen LogP contribution is -2.41. The number of hydrogen-bond acceptors (Lipinski definition) is 4. The van der Waals surface area contributed by atoms with Gasteiger partial charge in [-0.15, -0.1) is 0 Å². The Morgan fingerprint density at radius 3 is 2.57 bits per heavy atom. The zero-order chi connectivity index (χ0) is 10.6. The van der Waals surface area contributed by atoms with E-state index in [2.05, 4.69) is 5.16 Å². The van der Waals surface area contributed by atoms with E-state index in [-0.39, 0.29) is 24.3 Å². The SMILES string of the molecule is N/C(CC(=O)N1CCC(O)CC1)=N\O. The molecule has 0 spiro atoms. The molecule has 0 bridgehead atoms. The van der Waals surface area contributed by atoms with Gasteiger partial charge in [0.1, 0.15) is 5.84 Å². The number of nitrogens with two attached hydrogens (primary N) is 1. The molecule has 1 aliphatic rings. The minimum Gasteiger partial charge on any atom is -0.409 e. The molecule has 0 saturated carbocycles. The van der Waals surface area contributed by atoms with Crippen molar-refractivity contribution in [2.24, 2.45) is 10.9 Å². The Hall–Kier alpha value is -1.30. The highest BCUT2D eigenvalue weighted by atomic mass is 16.4. The molecule has 0 aromatic rings. The van der Waals surface area contributed by atoms with Gasteiger partial charge in [0.25, 0.3) is 0 Å². The van der Waals surface area contributed by atoms with Crippen LogP contribution in [0.5, 0.6) is 0 Å². The van der Waals surface area contributed by atoms with E-state index in [1.807, 2.05) is 0 Å². The van der Waals surface area contributed by atoms with Gasteiger partial charge in [-0.1, -0.05) is 5.16 Å². The van der Waals surface area contributed by atoms with Crippen molar-refractivity contribution < 1.29 is 15.1 Å². The predicted molar refractivity (Wildman–Crippen MR) is 49.8 cm³/mol. The normalized spacial score (nSPS) is 19.8. The van der Waals surface area contributed by atoms with Crippen LogP contribution in [0.15, 0.2) is 5.16 Å². The van der Waals surface area contributed by atoms with Crippen LogP contribution in [0.1, 0.15) is 19.3 Å². The zero-order valence-electron chi connectivity index (χ0n) is 7.89. The van der Waals surface area contributed by atoms with Gasteiger partial charge in [-0.2, -0.15) is 0 Å². The molecule has 0 aromatic carbocycles. The van der Waals surface area contributed by atoms with Crippen molar-refractivity contribution in [1.29, 1.82) is 0 Å². The fraction of sp³-hybridized carbons (Fsp3) is 0.750. The van der Waals surface area contributed by atoms with Crippen molar-refractivity contribution in [2.75, 3.05) is 13.1 Å². The first kappa shape index (κ1) is 10.8. The highest BCUT2D eigenvalue weighted by Crippen LogP contribution is 2.10. The third-order valence-corrected chi connectivity index (χ3v) is 2.28. The number of carbonyl (C=O) groups excluding carboxylic acids is 1. The first-order valence-corrected chi connectivity index (χ1v) is 4.55. The Morgan fingerprint density at radius 2 is 2.07 bits per heavy atom. The van der Waals surface area contributed by atoms with E-state index in [0.717, 1.165) is 0 Å². The molecule has 6 nitrogen and oxygen atoms in total. The van der Waals surface area contributed by atoms with Crippen LogP contribution >= 0.6 is 0 Å². The molecule has 6 heteroatoms. The lowest BCUT2D eigenvalue weighted by molar-refractivity contribution is -0.131. The first-order chi connectivity index (χ1) is 6.63. The number of nitrogens with zero attached hydrogens (tertiary/aromatic N) is 2.